The molecule has 0 saturated carbocycles. The third-order valence-electron chi connectivity index (χ3n) is 3.37. The first kappa shape index (κ1) is 18.6. The Balaban J connectivity index is 1.92. The first-order chi connectivity index (χ1) is 12.8. The number of benzene rings is 1. The summed E-state index contributed by atoms with van der Waals surface area (Å²) in [6.07, 6.45) is 0. The molecule has 1 aromatic carbocycles. The van der Waals surface area contributed by atoms with Crippen LogP contribution in [-0.4, -0.2) is 40.7 Å². The number of ketones is 1. The number of nitrogens with one attached hydrogen (secondary N) is 1. The second-order valence-electron chi connectivity index (χ2n) is 5.21. The highest BCUT2D eigenvalue weighted by Crippen LogP contribution is 2.20. The van der Waals surface area contributed by atoms with E-state index in [1.54, 1.807) is 12.1 Å². The zero-order valence-corrected chi connectivity index (χ0v) is 15.1. The zero-order chi connectivity index (χ0) is 19.6. The second kappa shape index (κ2) is 7.60. The Morgan fingerprint density at radius 3 is 2.37 bits per heavy atom. The summed E-state index contributed by atoms with van der Waals surface area (Å²) in [5.41, 5.74) is 0.767. The van der Waals surface area contributed by atoms with Crippen LogP contribution in [0.4, 0.5) is 11.5 Å². The van der Waals surface area contributed by atoms with Gasteiger partial charge in [-0.15, -0.1) is 5.10 Å². The molecule has 138 valence electrons. The van der Waals surface area contributed by atoms with E-state index >= 15 is 0 Å². The fraction of sp³-hybridized carbons (Fsp3) is 0.143. The first-order valence-electron chi connectivity index (χ1n) is 7.36. The third-order valence-corrected chi connectivity index (χ3v) is 3.71. The number of anilines is 1. The molecule has 0 unspecified atom stereocenters. The van der Waals surface area contributed by atoms with Crippen molar-refractivity contribution in [3.05, 3.63) is 56.2 Å². The highest BCUT2D eigenvalue weighted by atomic mass is 35.5. The van der Waals surface area contributed by atoms with E-state index in [0.717, 1.165) is 5.56 Å². The second-order valence-corrected chi connectivity index (χ2v) is 5.88. The maximum absolute atomic E-state index is 11.8. The molecule has 2 heterocycles. The number of nitro groups is 1. The monoisotopic (exact) mass is 408 g/mol. The highest BCUT2D eigenvalue weighted by Gasteiger charge is 2.20. The molecule has 3 rings (SSSR count). The molecular formula is C14H10Cl2N8O3. The van der Waals surface area contributed by atoms with Crippen molar-refractivity contribution >= 4 is 40.5 Å². The van der Waals surface area contributed by atoms with Gasteiger partial charge in [-0.25, -0.2) is 0 Å². The molecular weight excluding hydrogens is 399 g/mol. The molecule has 3 aromatic rings. The van der Waals surface area contributed by atoms with E-state index in [0.29, 0.717) is 0 Å². The van der Waals surface area contributed by atoms with Gasteiger partial charge in [-0.3, -0.25) is 14.9 Å². The predicted molar refractivity (Wildman–Crippen MR) is 95.2 cm³/mol. The van der Waals surface area contributed by atoms with Crippen molar-refractivity contribution in [3.8, 4) is 5.95 Å². The van der Waals surface area contributed by atoms with E-state index in [4.69, 9.17) is 23.2 Å². The summed E-state index contributed by atoms with van der Waals surface area (Å²) in [5.74, 6) is -0.135. The van der Waals surface area contributed by atoms with Crippen LogP contribution >= 0.6 is 23.2 Å². The first-order valence-corrected chi connectivity index (χ1v) is 8.12. The molecule has 0 fully saturated rings. The van der Waals surface area contributed by atoms with Crippen molar-refractivity contribution in [3.63, 3.8) is 0 Å². The van der Waals surface area contributed by atoms with Crippen molar-refractivity contribution in [1.82, 2.24) is 29.9 Å². The number of hydrogen-bond acceptors (Lipinski definition) is 9. The molecule has 0 spiro atoms. The van der Waals surface area contributed by atoms with E-state index in [1.165, 1.54) is 23.7 Å². The molecule has 0 saturated heterocycles. The standard InChI is InChI=1S/C14H10Cl2N8O3/c1-7(25)10-11(17-6-8-2-4-9(5-3-8)24(26)27)23(22-21-10)14-19-12(15)18-13(16)20-14/h2-5,17H,6H2,1H3. The van der Waals surface area contributed by atoms with Crippen LogP contribution < -0.4 is 5.32 Å². The number of nitrogens with zero attached hydrogens (tertiary/aromatic N) is 7. The van der Waals surface area contributed by atoms with Crippen molar-refractivity contribution in [2.75, 3.05) is 5.32 Å². The summed E-state index contributed by atoms with van der Waals surface area (Å²) in [4.78, 5) is 33.6. The lowest BCUT2D eigenvalue weighted by Crippen LogP contribution is -2.12. The molecule has 13 heteroatoms. The zero-order valence-electron chi connectivity index (χ0n) is 13.6. The number of non-ortho nitro benzene ring substituents is 1. The summed E-state index contributed by atoms with van der Waals surface area (Å²) in [5, 5.41) is 21.1. The maximum Gasteiger partial charge on any atom is 0.269 e. The summed E-state index contributed by atoms with van der Waals surface area (Å²) in [7, 11) is 0. The molecule has 0 bridgehead atoms. The van der Waals surface area contributed by atoms with Gasteiger partial charge in [0.1, 0.15) is 0 Å². The van der Waals surface area contributed by atoms with Crippen molar-refractivity contribution < 1.29 is 9.72 Å². The molecule has 11 nitrogen and oxygen atoms in total. The Morgan fingerprint density at radius 1 is 1.19 bits per heavy atom. The van der Waals surface area contributed by atoms with Gasteiger partial charge in [-0.2, -0.15) is 19.6 Å². The lowest BCUT2D eigenvalue weighted by Gasteiger charge is -2.09. The Hall–Kier alpha value is -3.18. The average molecular weight is 409 g/mol. The fourth-order valence-electron chi connectivity index (χ4n) is 2.15. The minimum absolute atomic E-state index is 0.0220. The number of rotatable bonds is 6. The van der Waals surface area contributed by atoms with Crippen LogP contribution in [-0.2, 0) is 6.54 Å². The molecule has 0 aliphatic carbocycles. The van der Waals surface area contributed by atoms with Crippen LogP contribution in [0, 0.1) is 10.1 Å². The van der Waals surface area contributed by atoms with Gasteiger partial charge in [0.2, 0.25) is 10.6 Å². The fourth-order valence-corrected chi connectivity index (χ4v) is 2.50. The predicted octanol–water partition coefficient (Wildman–Crippen LogP) is 2.48. The van der Waals surface area contributed by atoms with Crippen LogP contribution in [0.2, 0.25) is 10.6 Å². The maximum atomic E-state index is 11.8. The Labute approximate surface area is 161 Å². The third kappa shape index (κ3) is 4.15. The Bertz CT molecular complexity index is 1000. The van der Waals surface area contributed by atoms with Crippen LogP contribution in [0.3, 0.4) is 0 Å². The number of Topliss-reactive ketones (excluding diaryl/α,β-unsaturated/α-hetero) is 1. The number of aromatic nitrogens is 6. The minimum atomic E-state index is -0.488. The number of carbonyl (C=O) groups is 1. The van der Waals surface area contributed by atoms with Crippen molar-refractivity contribution in [2.45, 2.75) is 13.5 Å². The van der Waals surface area contributed by atoms with Crippen molar-refractivity contribution in [1.29, 1.82) is 0 Å². The quantitative estimate of drug-likeness (QED) is 0.369. The number of halogens is 2. The van der Waals surface area contributed by atoms with Gasteiger partial charge in [0, 0.05) is 25.6 Å². The molecule has 2 aromatic heterocycles. The SMILES string of the molecule is CC(=O)c1nnn(-c2nc(Cl)nc(Cl)n2)c1NCc1ccc([N+](=O)[O-])cc1. The van der Waals surface area contributed by atoms with Crippen LogP contribution in [0.15, 0.2) is 24.3 Å². The summed E-state index contributed by atoms with van der Waals surface area (Å²) in [6, 6.07) is 5.93. The van der Waals surface area contributed by atoms with Crippen LogP contribution in [0.5, 0.6) is 0 Å². The largest absolute Gasteiger partial charge is 0.364 e. The highest BCUT2D eigenvalue weighted by molar-refractivity contribution is 6.31. The van der Waals surface area contributed by atoms with E-state index in [2.05, 4.69) is 30.6 Å². The Kier molecular flexibility index (Phi) is 5.23. The van der Waals surface area contributed by atoms with Crippen LogP contribution in [0.25, 0.3) is 5.95 Å². The van der Waals surface area contributed by atoms with Gasteiger partial charge in [0.05, 0.1) is 4.92 Å². The minimum Gasteiger partial charge on any atom is -0.364 e. The lowest BCUT2D eigenvalue weighted by atomic mass is 10.2. The molecule has 0 atom stereocenters. The molecule has 0 amide bonds. The molecule has 0 radical (unpaired) electrons. The smallest absolute Gasteiger partial charge is 0.269 e. The van der Waals surface area contributed by atoms with E-state index in [1.807, 2.05) is 0 Å². The lowest BCUT2D eigenvalue weighted by molar-refractivity contribution is -0.384. The Morgan fingerprint density at radius 2 is 1.81 bits per heavy atom. The molecule has 0 aliphatic rings. The van der Waals surface area contributed by atoms with E-state index < -0.39 is 4.92 Å². The summed E-state index contributed by atoms with van der Waals surface area (Å²) < 4.78 is 1.17. The van der Waals surface area contributed by atoms with E-state index in [9.17, 15) is 14.9 Å². The molecule has 0 aliphatic heterocycles. The van der Waals surface area contributed by atoms with Gasteiger partial charge in [-0.05, 0) is 28.8 Å². The van der Waals surface area contributed by atoms with Crippen LogP contribution in [0.1, 0.15) is 23.0 Å². The van der Waals surface area contributed by atoms with Crippen molar-refractivity contribution in [2.24, 2.45) is 0 Å². The van der Waals surface area contributed by atoms with Gasteiger partial charge >= 0.3 is 0 Å². The topological polar surface area (TPSA) is 142 Å². The summed E-state index contributed by atoms with van der Waals surface area (Å²) >= 11 is 11.6. The number of carbonyl (C=O) groups excluding carboxylic acids is 1. The number of nitro benzene ring substituents is 1. The van der Waals surface area contributed by atoms with Gasteiger partial charge in [-0.1, -0.05) is 17.3 Å². The normalized spacial score (nSPS) is 10.6. The molecule has 27 heavy (non-hydrogen) atoms. The average Bonchev–Trinajstić information content (AvgIpc) is 3.03. The molecule has 1 N–H and O–H groups in total. The summed E-state index contributed by atoms with van der Waals surface area (Å²) in [6.45, 7) is 1.57. The van der Waals surface area contributed by atoms with Gasteiger partial charge < -0.3 is 5.32 Å². The van der Waals surface area contributed by atoms with Gasteiger partial charge in [0.25, 0.3) is 11.6 Å². The number of hydrogen-bond donors (Lipinski definition) is 1. The van der Waals surface area contributed by atoms with E-state index in [-0.39, 0.29) is 46.0 Å². The van der Waals surface area contributed by atoms with Gasteiger partial charge in [0.15, 0.2) is 17.3 Å².